The van der Waals surface area contributed by atoms with E-state index in [4.69, 9.17) is 5.26 Å². The Balaban J connectivity index is 0.00000242. The molecule has 0 spiro atoms. The van der Waals surface area contributed by atoms with E-state index in [0.717, 1.165) is 12.1 Å². The van der Waals surface area contributed by atoms with Gasteiger partial charge < -0.3 is 5.32 Å². The Hall–Kier alpha value is -1.07. The van der Waals surface area contributed by atoms with Gasteiger partial charge in [-0.2, -0.15) is 18.4 Å². The lowest BCUT2D eigenvalue weighted by Crippen LogP contribution is -2.45. The van der Waals surface area contributed by atoms with Gasteiger partial charge in [0.1, 0.15) is 5.82 Å². The molecule has 9 heteroatoms. The number of nitrogens with one attached hydrogen (secondary N) is 1. The predicted molar refractivity (Wildman–Crippen MR) is 83.3 cm³/mol. The van der Waals surface area contributed by atoms with Gasteiger partial charge in [0.05, 0.1) is 24.1 Å². The molecule has 1 aromatic carbocycles. The summed E-state index contributed by atoms with van der Waals surface area (Å²) in [6.07, 6.45) is -4.53. The lowest BCUT2D eigenvalue weighted by atomic mass is 9.99. The molecule has 1 aromatic rings. The second-order valence-corrected chi connectivity index (χ2v) is 4.90. The van der Waals surface area contributed by atoms with E-state index in [-0.39, 0.29) is 36.8 Å². The maximum Gasteiger partial charge on any atom is 0.416 e. The van der Waals surface area contributed by atoms with Crippen molar-refractivity contribution in [1.82, 2.24) is 10.2 Å². The van der Waals surface area contributed by atoms with E-state index in [0.29, 0.717) is 32.2 Å². The zero-order valence-electron chi connectivity index (χ0n) is 12.1. The van der Waals surface area contributed by atoms with Crippen LogP contribution in [-0.4, -0.2) is 31.1 Å². The van der Waals surface area contributed by atoms with Gasteiger partial charge in [0.25, 0.3) is 0 Å². The lowest BCUT2D eigenvalue weighted by molar-refractivity contribution is -0.137. The van der Waals surface area contributed by atoms with Crippen LogP contribution < -0.4 is 5.32 Å². The van der Waals surface area contributed by atoms with Crippen molar-refractivity contribution in [2.75, 3.05) is 26.2 Å². The third-order valence-electron chi connectivity index (χ3n) is 3.56. The Bertz CT molecular complexity index is 540. The first-order chi connectivity index (χ1) is 9.93. The van der Waals surface area contributed by atoms with Crippen molar-refractivity contribution in [3.63, 3.8) is 0 Å². The average molecular weight is 374 g/mol. The minimum atomic E-state index is -4.57. The summed E-state index contributed by atoms with van der Waals surface area (Å²) in [7, 11) is 0. The summed E-state index contributed by atoms with van der Waals surface area (Å²) in [5.74, 6) is -0.913. The largest absolute Gasteiger partial charge is 0.416 e. The molecule has 0 bridgehead atoms. The molecule has 2 rings (SSSR count). The minimum Gasteiger partial charge on any atom is -0.314 e. The number of piperazine rings is 1. The van der Waals surface area contributed by atoms with Crippen molar-refractivity contribution >= 4 is 24.8 Å². The Labute approximate surface area is 144 Å². The third-order valence-corrected chi connectivity index (χ3v) is 3.56. The van der Waals surface area contributed by atoms with Crippen molar-refractivity contribution < 1.29 is 17.6 Å². The van der Waals surface area contributed by atoms with E-state index in [9.17, 15) is 17.6 Å². The highest BCUT2D eigenvalue weighted by Crippen LogP contribution is 2.33. The van der Waals surface area contributed by atoms with Gasteiger partial charge in [-0.3, -0.25) is 4.90 Å². The van der Waals surface area contributed by atoms with Gasteiger partial charge in [0.15, 0.2) is 0 Å². The third kappa shape index (κ3) is 5.50. The Morgan fingerprint density at radius 2 is 1.83 bits per heavy atom. The van der Waals surface area contributed by atoms with Crippen molar-refractivity contribution in [3.05, 3.63) is 35.1 Å². The van der Waals surface area contributed by atoms with Crippen LogP contribution in [0.1, 0.15) is 23.6 Å². The van der Waals surface area contributed by atoms with Gasteiger partial charge in [-0.25, -0.2) is 4.39 Å². The van der Waals surface area contributed by atoms with Gasteiger partial charge in [-0.1, -0.05) is 6.07 Å². The number of nitrogens with zero attached hydrogens (tertiary/aromatic N) is 2. The van der Waals surface area contributed by atoms with Crippen LogP contribution in [0.2, 0.25) is 0 Å². The van der Waals surface area contributed by atoms with Gasteiger partial charge in [0, 0.05) is 31.7 Å². The summed E-state index contributed by atoms with van der Waals surface area (Å²) in [5, 5.41) is 12.0. The SMILES string of the molecule is Cl.Cl.N#CC[C@H](c1ccc(C(F)(F)F)cc1F)N1CCNCC1. The molecule has 1 heterocycles. The topological polar surface area (TPSA) is 39.1 Å². The van der Waals surface area contributed by atoms with Gasteiger partial charge in [-0.15, -0.1) is 24.8 Å². The molecule has 0 unspecified atom stereocenters. The Morgan fingerprint density at radius 1 is 1.22 bits per heavy atom. The first-order valence-corrected chi connectivity index (χ1v) is 6.62. The van der Waals surface area contributed by atoms with E-state index in [1.54, 1.807) is 0 Å². The van der Waals surface area contributed by atoms with Crippen LogP contribution in [0.5, 0.6) is 0 Å². The molecule has 1 atom stereocenters. The number of nitriles is 1. The molecule has 0 amide bonds. The first kappa shape index (κ1) is 21.9. The van der Waals surface area contributed by atoms with Crippen LogP contribution in [0.15, 0.2) is 18.2 Å². The molecule has 1 N–H and O–H groups in total. The fourth-order valence-electron chi connectivity index (χ4n) is 2.49. The van der Waals surface area contributed by atoms with E-state index >= 15 is 0 Å². The lowest BCUT2D eigenvalue weighted by Gasteiger charge is -2.34. The summed E-state index contributed by atoms with van der Waals surface area (Å²) >= 11 is 0. The van der Waals surface area contributed by atoms with Crippen LogP contribution in [0.25, 0.3) is 0 Å². The van der Waals surface area contributed by atoms with E-state index in [1.807, 2.05) is 11.0 Å². The van der Waals surface area contributed by atoms with Crippen molar-refractivity contribution in [2.45, 2.75) is 18.6 Å². The average Bonchev–Trinajstić information content (AvgIpc) is 2.45. The predicted octanol–water partition coefficient (Wildman–Crippen LogP) is 3.55. The van der Waals surface area contributed by atoms with Crippen LogP contribution in [0.3, 0.4) is 0 Å². The molecule has 0 aromatic heterocycles. The van der Waals surface area contributed by atoms with Gasteiger partial charge in [-0.05, 0) is 12.1 Å². The fraction of sp³-hybridized carbons (Fsp3) is 0.500. The second-order valence-electron chi connectivity index (χ2n) is 4.90. The highest BCUT2D eigenvalue weighted by Gasteiger charge is 2.32. The van der Waals surface area contributed by atoms with Crippen LogP contribution >= 0.6 is 24.8 Å². The molecule has 0 saturated carbocycles. The summed E-state index contributed by atoms with van der Waals surface area (Å²) in [6, 6.07) is 3.98. The van der Waals surface area contributed by atoms with Crippen molar-refractivity contribution in [1.29, 1.82) is 5.26 Å². The molecule has 1 aliphatic rings. The smallest absolute Gasteiger partial charge is 0.314 e. The summed E-state index contributed by atoms with van der Waals surface area (Å²) in [5.41, 5.74) is -0.869. The highest BCUT2D eigenvalue weighted by molar-refractivity contribution is 5.85. The summed E-state index contributed by atoms with van der Waals surface area (Å²) < 4.78 is 51.8. The molecule has 1 fully saturated rings. The molecule has 3 nitrogen and oxygen atoms in total. The molecule has 1 aliphatic heterocycles. The number of benzene rings is 1. The van der Waals surface area contributed by atoms with Crippen LogP contribution in [-0.2, 0) is 6.18 Å². The molecule has 1 saturated heterocycles. The fourth-order valence-corrected chi connectivity index (χ4v) is 2.49. The Morgan fingerprint density at radius 3 is 2.30 bits per heavy atom. The van der Waals surface area contributed by atoms with Crippen molar-refractivity contribution in [3.8, 4) is 6.07 Å². The zero-order valence-corrected chi connectivity index (χ0v) is 13.7. The maximum atomic E-state index is 14.1. The van der Waals surface area contributed by atoms with Gasteiger partial charge in [0.2, 0.25) is 0 Å². The highest BCUT2D eigenvalue weighted by atomic mass is 35.5. The van der Waals surface area contributed by atoms with Gasteiger partial charge >= 0.3 is 6.18 Å². The standard InChI is InChI=1S/C14H15F4N3.2ClH/c15-12-9-10(14(16,17)18)1-2-11(12)13(3-4-19)21-7-5-20-6-8-21;;/h1-2,9,13,20H,3,5-8H2;2*1H/t13-;;/m1../s1. The summed E-state index contributed by atoms with van der Waals surface area (Å²) in [4.78, 5) is 1.92. The molecule has 0 aliphatic carbocycles. The number of alkyl halides is 3. The second kappa shape index (κ2) is 9.28. The van der Waals surface area contributed by atoms with Crippen LogP contribution in [0, 0.1) is 17.1 Å². The normalized spacial score (nSPS) is 16.7. The number of halogens is 6. The monoisotopic (exact) mass is 373 g/mol. The van der Waals surface area contributed by atoms with Crippen LogP contribution in [0.4, 0.5) is 17.6 Å². The zero-order chi connectivity index (χ0) is 15.5. The molecule has 0 radical (unpaired) electrons. The quantitative estimate of drug-likeness (QED) is 0.823. The molecular weight excluding hydrogens is 357 g/mol. The first-order valence-electron chi connectivity index (χ1n) is 6.62. The molecule has 23 heavy (non-hydrogen) atoms. The molecular formula is C14H17Cl2F4N3. The summed E-state index contributed by atoms with van der Waals surface area (Å²) in [6.45, 7) is 2.69. The number of hydrogen-bond donors (Lipinski definition) is 1. The number of rotatable bonds is 3. The molecule has 130 valence electrons. The van der Waals surface area contributed by atoms with E-state index in [2.05, 4.69) is 5.32 Å². The van der Waals surface area contributed by atoms with Crippen molar-refractivity contribution in [2.24, 2.45) is 0 Å². The number of hydrogen-bond acceptors (Lipinski definition) is 3. The van der Waals surface area contributed by atoms with E-state index in [1.165, 1.54) is 0 Å². The minimum absolute atomic E-state index is 0. The van der Waals surface area contributed by atoms with E-state index < -0.39 is 23.6 Å². The Kier molecular flexibility index (Phi) is 8.85. The maximum absolute atomic E-state index is 14.1.